The van der Waals surface area contributed by atoms with Crippen LogP contribution in [0.3, 0.4) is 0 Å². The first-order valence-electron chi connectivity index (χ1n) is 13.5. The van der Waals surface area contributed by atoms with Crippen LogP contribution in [0.4, 0.5) is 35.1 Å². The number of thiophene rings is 2. The highest BCUT2D eigenvalue weighted by molar-refractivity contribution is 7.99. The van der Waals surface area contributed by atoms with Gasteiger partial charge in [0.15, 0.2) is 46.5 Å². The number of hydrogen-bond acceptors (Lipinski definition) is 5. The lowest BCUT2D eigenvalue weighted by atomic mass is 10.1. The first-order chi connectivity index (χ1) is 22.3. The normalized spacial score (nSPS) is 11.5. The summed E-state index contributed by atoms with van der Waals surface area (Å²) in [6.07, 6.45) is 0. The summed E-state index contributed by atoms with van der Waals surface area (Å²) in [6, 6.07) is 16.7. The molecule has 0 aliphatic rings. The number of aryl methyl sites for hydroxylation is 2. The largest absolute Gasteiger partial charge is 0.203 e. The maximum absolute atomic E-state index is 15.3. The van der Waals surface area contributed by atoms with Gasteiger partial charge in [-0.05, 0) is 74.0 Å². The fourth-order valence-corrected chi connectivity index (χ4v) is 8.94. The number of rotatable bonds is 7. The fourth-order valence-electron chi connectivity index (χ4n) is 4.64. The summed E-state index contributed by atoms with van der Waals surface area (Å²) in [6.45, 7) is 3.39. The first kappa shape index (κ1) is 33.7. The van der Waals surface area contributed by atoms with Crippen molar-refractivity contribution in [2.75, 3.05) is 0 Å². The van der Waals surface area contributed by atoms with Crippen LogP contribution in [0.15, 0.2) is 91.2 Å². The molecule has 6 rings (SSSR count). The number of hydrogen-bond donors (Lipinski definition) is 1. The average molecular weight is 739 g/mol. The van der Waals surface area contributed by atoms with E-state index in [9.17, 15) is 0 Å². The molecule has 0 atom stereocenters. The van der Waals surface area contributed by atoms with E-state index in [-0.39, 0.29) is 9.75 Å². The molecule has 0 saturated carbocycles. The summed E-state index contributed by atoms with van der Waals surface area (Å²) < 4.78 is 122. The van der Waals surface area contributed by atoms with Crippen molar-refractivity contribution >= 4 is 58.8 Å². The molecule has 0 aliphatic carbocycles. The van der Waals surface area contributed by atoms with Crippen molar-refractivity contribution in [3.05, 3.63) is 124 Å². The Bertz CT molecular complexity index is 2090. The zero-order chi connectivity index (χ0) is 33.7. The third kappa shape index (κ3) is 6.35. The van der Waals surface area contributed by atoms with Gasteiger partial charge in [0.25, 0.3) is 0 Å². The van der Waals surface area contributed by atoms with E-state index in [0.29, 0.717) is 53.5 Å². The van der Waals surface area contributed by atoms with Gasteiger partial charge in [0.2, 0.25) is 0 Å². The second-order valence-electron chi connectivity index (χ2n) is 10.2. The molecule has 0 aliphatic heterocycles. The molecule has 0 spiro atoms. The van der Waals surface area contributed by atoms with Gasteiger partial charge >= 0.3 is 0 Å². The predicted octanol–water partition coefficient (Wildman–Crippen LogP) is 13.1. The molecule has 0 bridgehead atoms. The third-order valence-electron chi connectivity index (χ3n) is 6.98. The van der Waals surface area contributed by atoms with Gasteiger partial charge in [-0.1, -0.05) is 41.2 Å². The Morgan fingerprint density at radius 3 is 1.40 bits per heavy atom. The highest BCUT2D eigenvalue weighted by atomic mass is 32.2. The standard InChI is InChI=1S/C34H18F8S5/c1-14-3-7-17(8-4-14)44-33-28(39)24(35)22(25(36)29(33)40)19-11-12-20(46-19)32-15(2)13-21(47-32)23-26(37)30(41)34(31(42)27(23)38)45-18-9-5-16(43)6-10-18/h3-13,43H,1-2H3. The maximum atomic E-state index is 15.3. The topological polar surface area (TPSA) is 0 Å². The number of thiol groups is 1. The van der Waals surface area contributed by atoms with Crippen LogP contribution in [-0.2, 0) is 0 Å². The van der Waals surface area contributed by atoms with Crippen molar-refractivity contribution in [3.63, 3.8) is 0 Å². The minimum absolute atomic E-state index is 0.136. The van der Waals surface area contributed by atoms with Crippen molar-refractivity contribution in [1.82, 2.24) is 0 Å². The highest BCUT2D eigenvalue weighted by Crippen LogP contribution is 2.47. The summed E-state index contributed by atoms with van der Waals surface area (Å²) in [7, 11) is 0. The molecule has 0 N–H and O–H groups in total. The second-order valence-corrected chi connectivity index (χ2v) is 15.0. The quantitative estimate of drug-likeness (QED) is 0.0984. The Labute approximate surface area is 285 Å². The molecule has 0 unspecified atom stereocenters. The molecule has 47 heavy (non-hydrogen) atoms. The molecule has 0 saturated heterocycles. The molecule has 2 aromatic heterocycles. The van der Waals surface area contributed by atoms with E-state index < -0.39 is 67.5 Å². The van der Waals surface area contributed by atoms with Crippen LogP contribution in [0.1, 0.15) is 11.1 Å². The monoisotopic (exact) mass is 738 g/mol. The smallest absolute Gasteiger partial charge is 0.176 e. The number of benzene rings is 4. The Balaban J connectivity index is 1.34. The van der Waals surface area contributed by atoms with Crippen molar-refractivity contribution in [1.29, 1.82) is 0 Å². The van der Waals surface area contributed by atoms with Gasteiger partial charge in [0.05, 0.1) is 20.9 Å². The van der Waals surface area contributed by atoms with E-state index in [1.54, 1.807) is 43.3 Å². The van der Waals surface area contributed by atoms with Crippen LogP contribution in [-0.4, -0.2) is 0 Å². The van der Waals surface area contributed by atoms with Crippen molar-refractivity contribution < 1.29 is 35.1 Å². The van der Waals surface area contributed by atoms with Crippen LogP contribution in [0.5, 0.6) is 0 Å². The average Bonchev–Trinajstić information content (AvgIpc) is 3.68. The molecule has 6 aromatic rings. The molecule has 0 amide bonds. The van der Waals surface area contributed by atoms with Gasteiger partial charge in [0.1, 0.15) is 0 Å². The minimum Gasteiger partial charge on any atom is -0.203 e. The van der Waals surface area contributed by atoms with Crippen LogP contribution >= 0.6 is 58.8 Å². The van der Waals surface area contributed by atoms with Crippen LogP contribution in [0, 0.1) is 60.4 Å². The molecule has 13 heteroatoms. The van der Waals surface area contributed by atoms with Gasteiger partial charge in [-0.15, -0.1) is 35.3 Å². The van der Waals surface area contributed by atoms with Gasteiger partial charge in [0, 0.05) is 34.2 Å². The lowest BCUT2D eigenvalue weighted by Crippen LogP contribution is -2.01. The Kier molecular flexibility index (Phi) is 9.56. The minimum atomic E-state index is -1.59. The Morgan fingerprint density at radius 2 is 0.915 bits per heavy atom. The van der Waals surface area contributed by atoms with Gasteiger partial charge < -0.3 is 0 Å². The van der Waals surface area contributed by atoms with Crippen LogP contribution in [0.2, 0.25) is 0 Å². The highest BCUT2D eigenvalue weighted by Gasteiger charge is 2.30. The van der Waals surface area contributed by atoms with E-state index in [0.717, 1.165) is 28.2 Å². The van der Waals surface area contributed by atoms with Crippen molar-refractivity contribution in [2.24, 2.45) is 0 Å². The predicted molar refractivity (Wildman–Crippen MR) is 176 cm³/mol. The summed E-state index contributed by atoms with van der Waals surface area (Å²) in [4.78, 5) is 0.0614. The molecular formula is C34H18F8S5. The van der Waals surface area contributed by atoms with Crippen molar-refractivity contribution in [2.45, 2.75) is 38.3 Å². The zero-order valence-electron chi connectivity index (χ0n) is 24.0. The van der Waals surface area contributed by atoms with Crippen LogP contribution in [0.25, 0.3) is 30.6 Å². The molecule has 240 valence electrons. The van der Waals surface area contributed by atoms with E-state index in [1.807, 2.05) is 6.92 Å². The summed E-state index contributed by atoms with van der Waals surface area (Å²) in [5.41, 5.74) is -0.485. The van der Waals surface area contributed by atoms with Gasteiger partial charge in [-0.25, -0.2) is 35.1 Å². The summed E-state index contributed by atoms with van der Waals surface area (Å²) in [5.74, 6) is -12.6. The first-order valence-corrected chi connectivity index (χ1v) is 17.2. The Hall–Kier alpha value is -3.23. The van der Waals surface area contributed by atoms with E-state index in [1.165, 1.54) is 30.3 Å². The molecular weight excluding hydrogens is 721 g/mol. The molecule has 2 heterocycles. The van der Waals surface area contributed by atoms with E-state index in [2.05, 4.69) is 12.6 Å². The fraction of sp³-hybridized carbons (Fsp3) is 0.0588. The maximum Gasteiger partial charge on any atom is 0.176 e. The third-order valence-corrected chi connectivity index (χ3v) is 12.0. The second kappa shape index (κ2) is 13.3. The van der Waals surface area contributed by atoms with Crippen LogP contribution < -0.4 is 0 Å². The molecule has 0 fully saturated rings. The van der Waals surface area contributed by atoms with Crippen molar-refractivity contribution in [3.8, 4) is 30.6 Å². The summed E-state index contributed by atoms with van der Waals surface area (Å²) >= 11 is 6.78. The van der Waals surface area contributed by atoms with Gasteiger partial charge in [-0.2, -0.15) is 0 Å². The molecule has 0 nitrogen and oxygen atoms in total. The Morgan fingerprint density at radius 1 is 0.489 bits per heavy atom. The van der Waals surface area contributed by atoms with E-state index >= 15 is 35.1 Å². The lowest BCUT2D eigenvalue weighted by Gasteiger charge is -2.11. The lowest BCUT2D eigenvalue weighted by molar-refractivity contribution is 0.430. The molecule has 4 aromatic carbocycles. The molecule has 0 radical (unpaired) electrons. The number of halogens is 8. The SMILES string of the molecule is Cc1ccc(Sc2c(F)c(F)c(-c3ccc(-c4sc(-c5c(F)c(F)c(Sc6ccc(S)cc6)c(F)c5F)cc4C)s3)c(F)c2F)cc1. The van der Waals surface area contributed by atoms with Gasteiger partial charge in [-0.3, -0.25) is 0 Å². The van der Waals surface area contributed by atoms with E-state index in [4.69, 9.17) is 0 Å². The zero-order valence-corrected chi connectivity index (χ0v) is 28.1. The summed E-state index contributed by atoms with van der Waals surface area (Å²) in [5, 5.41) is 0.